The number of aldehydes is 1. The van der Waals surface area contributed by atoms with Crippen molar-refractivity contribution in [1.29, 1.82) is 0 Å². The van der Waals surface area contributed by atoms with Gasteiger partial charge in [-0.2, -0.15) is 0 Å². The minimum Gasteiger partial charge on any atom is -0.505 e. The minimum absolute atomic E-state index is 0.0363. The molecule has 3 aromatic carbocycles. The number of azo groups is 1. The lowest BCUT2D eigenvalue weighted by molar-refractivity contribution is 0.0605. The van der Waals surface area contributed by atoms with Gasteiger partial charge in [0.2, 0.25) is 0 Å². The molecule has 4 aromatic rings. The molecule has 2 N–H and O–H groups in total. The number of esters is 1. The van der Waals surface area contributed by atoms with Crippen molar-refractivity contribution in [1.82, 2.24) is 0 Å². The lowest BCUT2D eigenvalue weighted by atomic mass is 10.0. The van der Waals surface area contributed by atoms with Crippen molar-refractivity contribution in [3.05, 3.63) is 81.2 Å². The van der Waals surface area contributed by atoms with Gasteiger partial charge in [0, 0.05) is 5.39 Å². The molecule has 4 rings (SSSR count). The van der Waals surface area contributed by atoms with Crippen LogP contribution in [0.1, 0.15) is 36.0 Å². The number of thiophene rings is 1. The number of carbonyl (C=O) groups excluding carboxylic acids is 3. The number of carbonyl (C=O) groups is 3. The summed E-state index contributed by atoms with van der Waals surface area (Å²) in [5, 5.41) is 23.7. The first kappa shape index (κ1) is 24.1. The van der Waals surface area contributed by atoms with Gasteiger partial charge in [0.05, 0.1) is 28.9 Å². The first-order valence-corrected chi connectivity index (χ1v) is 11.4. The number of hydrogen-bond donors (Lipinski definition) is 2. The van der Waals surface area contributed by atoms with Crippen LogP contribution < -0.4 is 5.32 Å². The standard InChI is InChI=1S/C25H18ClN3O5S/c1-13-17(12-30)24(35-22(13)25(33)34-2)29-28-20-15-8-4-3-7-14(15)11-16(21(20)31)23(32)27-19-10-6-5-9-18(19)26/h3-12,31H,1-2H3,(H,27,32). The Labute approximate surface area is 208 Å². The average Bonchev–Trinajstić information content (AvgIpc) is 3.19. The number of amides is 1. The maximum atomic E-state index is 13.0. The Balaban J connectivity index is 1.81. The van der Waals surface area contributed by atoms with Crippen molar-refractivity contribution in [2.45, 2.75) is 6.92 Å². The third kappa shape index (κ3) is 4.64. The van der Waals surface area contributed by atoms with Crippen molar-refractivity contribution >= 4 is 68.2 Å². The molecule has 0 spiro atoms. The normalized spacial score (nSPS) is 11.1. The fourth-order valence-corrected chi connectivity index (χ4v) is 4.65. The molecule has 0 bridgehead atoms. The first-order chi connectivity index (χ1) is 16.8. The fourth-order valence-electron chi connectivity index (χ4n) is 3.45. The molecule has 1 aromatic heterocycles. The van der Waals surface area contributed by atoms with E-state index in [2.05, 4.69) is 15.5 Å². The SMILES string of the molecule is COC(=O)c1sc(N=Nc2c(O)c(C(=O)Nc3ccccc3Cl)cc3ccccc23)c(C=O)c1C. The van der Waals surface area contributed by atoms with Crippen LogP contribution in [0.4, 0.5) is 16.4 Å². The highest BCUT2D eigenvalue weighted by molar-refractivity contribution is 7.18. The van der Waals surface area contributed by atoms with E-state index in [4.69, 9.17) is 16.3 Å². The summed E-state index contributed by atoms with van der Waals surface area (Å²) >= 11 is 7.09. The van der Waals surface area contributed by atoms with E-state index in [9.17, 15) is 19.5 Å². The summed E-state index contributed by atoms with van der Waals surface area (Å²) in [4.78, 5) is 36.9. The van der Waals surface area contributed by atoms with Crippen LogP contribution in [0.25, 0.3) is 10.8 Å². The number of rotatable bonds is 6. The first-order valence-electron chi connectivity index (χ1n) is 10.2. The van der Waals surface area contributed by atoms with Gasteiger partial charge in [-0.25, -0.2) is 4.79 Å². The summed E-state index contributed by atoms with van der Waals surface area (Å²) in [6.07, 6.45) is 0.581. The molecule has 0 unspecified atom stereocenters. The smallest absolute Gasteiger partial charge is 0.348 e. The second-order valence-electron chi connectivity index (χ2n) is 7.36. The molecular weight excluding hydrogens is 490 g/mol. The number of aromatic hydroxyl groups is 1. The lowest BCUT2D eigenvalue weighted by Crippen LogP contribution is -2.12. The van der Waals surface area contributed by atoms with Crippen LogP contribution in [-0.4, -0.2) is 30.4 Å². The van der Waals surface area contributed by atoms with E-state index in [-0.39, 0.29) is 26.7 Å². The highest BCUT2D eigenvalue weighted by atomic mass is 35.5. The predicted molar refractivity (Wildman–Crippen MR) is 135 cm³/mol. The fraction of sp³-hybridized carbons (Fsp3) is 0.0800. The van der Waals surface area contributed by atoms with Gasteiger partial charge < -0.3 is 15.2 Å². The number of halogens is 1. The van der Waals surface area contributed by atoms with Crippen molar-refractivity contribution in [2.75, 3.05) is 12.4 Å². The topological polar surface area (TPSA) is 117 Å². The van der Waals surface area contributed by atoms with Crippen molar-refractivity contribution < 1.29 is 24.2 Å². The third-order valence-electron chi connectivity index (χ3n) is 5.27. The number of para-hydroxylation sites is 1. The molecule has 176 valence electrons. The molecule has 1 amide bonds. The number of nitrogens with zero attached hydrogens (tertiary/aromatic N) is 2. The third-order valence-corrected chi connectivity index (χ3v) is 6.77. The number of phenolic OH excluding ortho intramolecular Hbond substituents is 1. The van der Waals surface area contributed by atoms with Crippen LogP contribution in [0.2, 0.25) is 5.02 Å². The molecule has 35 heavy (non-hydrogen) atoms. The Morgan fingerprint density at radius 2 is 1.83 bits per heavy atom. The number of fused-ring (bicyclic) bond motifs is 1. The molecule has 0 atom stereocenters. The number of methoxy groups -OCH3 is 1. The van der Waals surface area contributed by atoms with Crippen LogP contribution in [0, 0.1) is 6.92 Å². The summed E-state index contributed by atoms with van der Waals surface area (Å²) in [6.45, 7) is 1.61. The number of phenols is 1. The van der Waals surface area contributed by atoms with Gasteiger partial charge in [0.25, 0.3) is 5.91 Å². The van der Waals surface area contributed by atoms with E-state index in [0.29, 0.717) is 33.3 Å². The number of hydrogen-bond acceptors (Lipinski definition) is 8. The second kappa shape index (κ2) is 10.0. The van der Waals surface area contributed by atoms with Gasteiger partial charge in [-0.1, -0.05) is 48.0 Å². The molecule has 10 heteroatoms. The van der Waals surface area contributed by atoms with Gasteiger partial charge in [0.15, 0.2) is 12.0 Å². The van der Waals surface area contributed by atoms with Crippen molar-refractivity contribution in [2.24, 2.45) is 10.2 Å². The molecule has 0 aliphatic carbocycles. The quantitative estimate of drug-likeness (QED) is 0.168. The molecule has 8 nitrogen and oxygen atoms in total. The Hall–Kier alpha value is -4.08. The van der Waals surface area contributed by atoms with E-state index in [1.54, 1.807) is 55.5 Å². The molecular formula is C25H18ClN3O5S. The number of nitrogens with one attached hydrogen (secondary N) is 1. The average molecular weight is 508 g/mol. The van der Waals surface area contributed by atoms with Crippen molar-refractivity contribution in [3.63, 3.8) is 0 Å². The van der Waals surface area contributed by atoms with Crippen LogP contribution >= 0.6 is 22.9 Å². The van der Waals surface area contributed by atoms with E-state index in [0.717, 1.165) is 11.3 Å². The van der Waals surface area contributed by atoms with Gasteiger partial charge >= 0.3 is 5.97 Å². The summed E-state index contributed by atoms with van der Waals surface area (Å²) in [7, 11) is 1.24. The van der Waals surface area contributed by atoms with Crippen LogP contribution in [0.3, 0.4) is 0 Å². The summed E-state index contributed by atoms with van der Waals surface area (Å²) in [6, 6.07) is 15.3. The Bertz CT molecular complexity index is 1510. The largest absolute Gasteiger partial charge is 0.505 e. The molecule has 0 saturated carbocycles. The van der Waals surface area contributed by atoms with Crippen LogP contribution in [-0.2, 0) is 4.74 Å². The predicted octanol–water partition coefficient (Wildman–Crippen LogP) is 6.84. The molecule has 0 aliphatic heterocycles. The van der Waals surface area contributed by atoms with E-state index in [1.165, 1.54) is 13.2 Å². The maximum Gasteiger partial charge on any atom is 0.348 e. The van der Waals surface area contributed by atoms with Crippen molar-refractivity contribution in [3.8, 4) is 5.75 Å². The summed E-state index contributed by atoms with van der Waals surface area (Å²) < 4.78 is 4.76. The molecule has 0 saturated heterocycles. The van der Waals surface area contributed by atoms with Crippen LogP contribution in [0.5, 0.6) is 5.75 Å². The zero-order chi connectivity index (χ0) is 25.1. The van der Waals surface area contributed by atoms with Gasteiger partial charge in [-0.05, 0) is 36.1 Å². The zero-order valence-electron chi connectivity index (χ0n) is 18.5. The van der Waals surface area contributed by atoms with E-state index >= 15 is 0 Å². The minimum atomic E-state index is -0.594. The number of ether oxygens (including phenoxy) is 1. The molecule has 0 fully saturated rings. The van der Waals surface area contributed by atoms with Gasteiger partial charge in [0.1, 0.15) is 15.6 Å². The number of anilines is 1. The zero-order valence-corrected chi connectivity index (χ0v) is 20.1. The highest BCUT2D eigenvalue weighted by Crippen LogP contribution is 2.41. The van der Waals surface area contributed by atoms with E-state index in [1.807, 2.05) is 0 Å². The monoisotopic (exact) mass is 507 g/mol. The summed E-state index contributed by atoms with van der Waals surface area (Å²) in [5.41, 5.74) is 0.999. The Morgan fingerprint density at radius 1 is 1.11 bits per heavy atom. The Morgan fingerprint density at radius 3 is 2.54 bits per heavy atom. The second-order valence-corrected chi connectivity index (χ2v) is 8.77. The van der Waals surface area contributed by atoms with Crippen LogP contribution in [0.15, 0.2) is 64.8 Å². The number of benzene rings is 3. The highest BCUT2D eigenvalue weighted by Gasteiger charge is 2.22. The van der Waals surface area contributed by atoms with Gasteiger partial charge in [-0.3, -0.25) is 9.59 Å². The van der Waals surface area contributed by atoms with Gasteiger partial charge in [-0.15, -0.1) is 21.6 Å². The lowest BCUT2D eigenvalue weighted by Gasteiger charge is -2.11. The molecule has 0 aliphatic rings. The van der Waals surface area contributed by atoms with E-state index < -0.39 is 17.6 Å². The molecule has 1 heterocycles. The Kier molecular flexibility index (Phi) is 6.90. The molecule has 0 radical (unpaired) electrons. The maximum absolute atomic E-state index is 13.0. The summed E-state index contributed by atoms with van der Waals surface area (Å²) in [5.74, 6) is -1.58.